The van der Waals surface area contributed by atoms with Crippen LogP contribution >= 0.6 is 11.3 Å². The summed E-state index contributed by atoms with van der Waals surface area (Å²) in [6.07, 6.45) is 5.46. The van der Waals surface area contributed by atoms with Crippen LogP contribution in [0.5, 0.6) is 0 Å². The second-order valence-electron chi connectivity index (χ2n) is 7.45. The van der Waals surface area contributed by atoms with Crippen molar-refractivity contribution in [2.45, 2.75) is 66.0 Å². The maximum absolute atomic E-state index is 3.93. The van der Waals surface area contributed by atoms with Crippen molar-refractivity contribution in [2.75, 3.05) is 0 Å². The average molecular weight is 277 g/mol. The van der Waals surface area contributed by atoms with Crippen LogP contribution in [0, 0.1) is 16.7 Å². The summed E-state index contributed by atoms with van der Waals surface area (Å²) >= 11 is 1.91. The molecule has 1 aromatic heterocycles. The maximum atomic E-state index is 3.93. The summed E-state index contributed by atoms with van der Waals surface area (Å²) < 4.78 is 0. The molecule has 0 radical (unpaired) electrons. The molecule has 2 saturated carbocycles. The zero-order valence-corrected chi connectivity index (χ0v) is 13.6. The van der Waals surface area contributed by atoms with Crippen molar-refractivity contribution in [1.29, 1.82) is 0 Å². The molecule has 3 unspecified atom stereocenters. The number of hydrogen-bond donors (Lipinski definition) is 1. The minimum atomic E-state index is 0.469. The van der Waals surface area contributed by atoms with Crippen molar-refractivity contribution >= 4 is 11.3 Å². The van der Waals surface area contributed by atoms with Crippen molar-refractivity contribution < 1.29 is 0 Å². The number of hydrogen-bond acceptors (Lipinski definition) is 2. The molecule has 1 N–H and O–H groups in total. The van der Waals surface area contributed by atoms with Gasteiger partial charge in [0.1, 0.15) is 0 Å². The molecule has 2 heteroatoms. The Balaban J connectivity index is 1.73. The van der Waals surface area contributed by atoms with Gasteiger partial charge in [0, 0.05) is 17.5 Å². The van der Waals surface area contributed by atoms with Crippen molar-refractivity contribution in [3.8, 4) is 0 Å². The Morgan fingerprint density at radius 2 is 2.16 bits per heavy atom. The quantitative estimate of drug-likeness (QED) is 0.847. The van der Waals surface area contributed by atoms with E-state index in [4.69, 9.17) is 0 Å². The zero-order chi connectivity index (χ0) is 13.7. The summed E-state index contributed by atoms with van der Waals surface area (Å²) in [6.45, 7) is 10.8. The lowest BCUT2D eigenvalue weighted by Gasteiger charge is -2.43. The van der Waals surface area contributed by atoms with E-state index in [0.717, 1.165) is 18.9 Å². The monoisotopic (exact) mass is 277 g/mol. The van der Waals surface area contributed by atoms with Gasteiger partial charge in [0.25, 0.3) is 0 Å². The van der Waals surface area contributed by atoms with Gasteiger partial charge < -0.3 is 5.32 Å². The van der Waals surface area contributed by atoms with E-state index in [1.165, 1.54) is 24.8 Å². The Labute approximate surface area is 121 Å². The van der Waals surface area contributed by atoms with Gasteiger partial charge in [0.15, 0.2) is 0 Å². The first kappa shape index (κ1) is 13.6. The molecule has 3 atom stereocenters. The number of fused-ring (bicyclic) bond motifs is 2. The lowest BCUT2D eigenvalue weighted by Crippen LogP contribution is -2.49. The summed E-state index contributed by atoms with van der Waals surface area (Å²) in [7, 11) is 0. The highest BCUT2D eigenvalue weighted by molar-refractivity contribution is 7.10. The fourth-order valence-electron chi connectivity index (χ4n) is 4.84. The average Bonchev–Trinajstić information content (AvgIpc) is 2.99. The van der Waals surface area contributed by atoms with Gasteiger partial charge >= 0.3 is 0 Å². The van der Waals surface area contributed by atoms with Gasteiger partial charge in [-0.2, -0.15) is 0 Å². The largest absolute Gasteiger partial charge is 0.308 e. The van der Waals surface area contributed by atoms with Gasteiger partial charge in [-0.05, 0) is 59.4 Å². The van der Waals surface area contributed by atoms with Crippen molar-refractivity contribution in [3.63, 3.8) is 0 Å². The van der Waals surface area contributed by atoms with Gasteiger partial charge in [-0.15, -0.1) is 11.3 Å². The Morgan fingerprint density at radius 3 is 2.79 bits per heavy atom. The van der Waals surface area contributed by atoms with Gasteiger partial charge in [0.05, 0.1) is 0 Å². The highest BCUT2D eigenvalue weighted by Crippen LogP contribution is 2.62. The Morgan fingerprint density at radius 1 is 1.37 bits per heavy atom. The van der Waals surface area contributed by atoms with Crippen LogP contribution in [0.4, 0.5) is 0 Å². The number of rotatable bonds is 4. The summed E-state index contributed by atoms with van der Waals surface area (Å²) in [5, 5.41) is 6.17. The fraction of sp³-hybridized carbons (Fsp3) is 0.765. The molecule has 0 aliphatic heterocycles. The minimum absolute atomic E-state index is 0.469. The van der Waals surface area contributed by atoms with Gasteiger partial charge in [0.2, 0.25) is 0 Å². The van der Waals surface area contributed by atoms with Crippen molar-refractivity contribution in [1.82, 2.24) is 5.32 Å². The Hall–Kier alpha value is -0.340. The predicted octanol–water partition coefficient (Wildman–Crippen LogP) is 4.61. The number of aryl methyl sites for hydroxylation is 1. The van der Waals surface area contributed by atoms with Crippen LogP contribution in [0.25, 0.3) is 0 Å². The molecular formula is C17H27NS. The van der Waals surface area contributed by atoms with E-state index in [1.54, 1.807) is 4.88 Å². The molecule has 3 rings (SSSR count). The highest BCUT2D eigenvalue weighted by Gasteiger charge is 2.58. The Kier molecular flexibility index (Phi) is 3.30. The normalized spacial score (nSPS) is 36.0. The molecule has 0 saturated heterocycles. The summed E-state index contributed by atoms with van der Waals surface area (Å²) in [4.78, 5) is 1.55. The first-order chi connectivity index (χ1) is 8.97. The first-order valence-electron chi connectivity index (χ1n) is 7.76. The SMILES string of the molecule is CCc1ccsc1CNC1C2(C)CCC(C2)C1(C)C. The summed E-state index contributed by atoms with van der Waals surface area (Å²) in [5.41, 5.74) is 2.54. The first-order valence-corrected chi connectivity index (χ1v) is 8.64. The molecular weight excluding hydrogens is 250 g/mol. The van der Waals surface area contributed by atoms with Crippen LogP contribution in [0.1, 0.15) is 57.4 Å². The van der Waals surface area contributed by atoms with Crippen LogP contribution < -0.4 is 5.32 Å². The molecule has 19 heavy (non-hydrogen) atoms. The van der Waals surface area contributed by atoms with Crippen LogP contribution in [0.2, 0.25) is 0 Å². The van der Waals surface area contributed by atoms with Crippen LogP contribution in [-0.4, -0.2) is 6.04 Å². The molecule has 0 amide bonds. The van der Waals surface area contributed by atoms with Crippen LogP contribution in [0.3, 0.4) is 0 Å². The van der Waals surface area contributed by atoms with E-state index in [-0.39, 0.29) is 0 Å². The van der Waals surface area contributed by atoms with Crippen LogP contribution in [-0.2, 0) is 13.0 Å². The molecule has 0 spiro atoms. The molecule has 2 aliphatic carbocycles. The molecule has 2 bridgehead atoms. The standard InChI is InChI=1S/C17H27NS/c1-5-12-7-9-19-14(12)11-18-15-16(2,3)13-6-8-17(15,4)10-13/h7,9,13,15,18H,5-6,8,10-11H2,1-4H3. The van der Waals surface area contributed by atoms with Crippen molar-refractivity contribution in [3.05, 3.63) is 21.9 Å². The third-order valence-electron chi connectivity index (χ3n) is 5.96. The van der Waals surface area contributed by atoms with Gasteiger partial charge in [-0.1, -0.05) is 27.7 Å². The highest BCUT2D eigenvalue weighted by atomic mass is 32.1. The molecule has 1 heterocycles. The van der Waals surface area contributed by atoms with Gasteiger partial charge in [-0.25, -0.2) is 0 Å². The molecule has 1 aromatic rings. The van der Waals surface area contributed by atoms with Crippen LogP contribution in [0.15, 0.2) is 11.4 Å². The predicted molar refractivity (Wildman–Crippen MR) is 83.6 cm³/mol. The van der Waals surface area contributed by atoms with E-state index in [0.29, 0.717) is 16.9 Å². The third-order valence-corrected chi connectivity index (χ3v) is 6.92. The minimum Gasteiger partial charge on any atom is -0.308 e. The zero-order valence-electron chi connectivity index (χ0n) is 12.8. The Bertz CT molecular complexity index is 457. The lowest BCUT2D eigenvalue weighted by atomic mass is 9.68. The van der Waals surface area contributed by atoms with E-state index < -0.39 is 0 Å². The smallest absolute Gasteiger partial charge is 0.0305 e. The van der Waals surface area contributed by atoms with E-state index in [9.17, 15) is 0 Å². The second kappa shape index (κ2) is 4.60. The molecule has 2 aliphatic rings. The summed E-state index contributed by atoms with van der Waals surface area (Å²) in [5.74, 6) is 0.934. The van der Waals surface area contributed by atoms with E-state index in [1.807, 2.05) is 11.3 Å². The number of thiophene rings is 1. The topological polar surface area (TPSA) is 12.0 Å². The fourth-order valence-corrected chi connectivity index (χ4v) is 5.77. The van der Waals surface area contributed by atoms with E-state index in [2.05, 4.69) is 44.5 Å². The van der Waals surface area contributed by atoms with E-state index >= 15 is 0 Å². The molecule has 2 fully saturated rings. The second-order valence-corrected chi connectivity index (χ2v) is 8.45. The van der Waals surface area contributed by atoms with Gasteiger partial charge in [-0.3, -0.25) is 0 Å². The van der Waals surface area contributed by atoms with Crippen molar-refractivity contribution in [2.24, 2.45) is 16.7 Å². The third kappa shape index (κ3) is 2.08. The maximum Gasteiger partial charge on any atom is 0.0305 e. The number of nitrogens with one attached hydrogen (secondary N) is 1. The summed E-state index contributed by atoms with van der Waals surface area (Å²) in [6, 6.07) is 2.97. The lowest BCUT2D eigenvalue weighted by molar-refractivity contribution is 0.108. The molecule has 0 aromatic carbocycles. The molecule has 1 nitrogen and oxygen atoms in total. The molecule has 106 valence electrons.